The molecule has 11 heteroatoms. The van der Waals surface area contributed by atoms with Gasteiger partial charge in [0.25, 0.3) is 0 Å². The van der Waals surface area contributed by atoms with E-state index in [1.807, 2.05) is 35.2 Å². The highest BCUT2D eigenvalue weighted by Gasteiger charge is 2.33. The number of carbonyl (C=O) groups excluding carboxylic acids is 2. The van der Waals surface area contributed by atoms with Crippen molar-refractivity contribution in [1.82, 2.24) is 9.62 Å². The number of hydrogen-bond donors (Lipinski definition) is 1. The molecule has 2 aromatic rings. The van der Waals surface area contributed by atoms with Crippen molar-refractivity contribution in [2.45, 2.75) is 18.8 Å². The molecule has 1 N–H and O–H groups in total. The number of anilines is 2. The van der Waals surface area contributed by atoms with Crippen LogP contribution in [0.2, 0.25) is 0 Å². The van der Waals surface area contributed by atoms with E-state index < -0.39 is 25.3 Å². The number of amides is 2. The standard InChI is InChI=1S/C23H27FN4O3S3/c1-17(29)25-14-20-15-28(23(30)31-20)19-7-8-22(21(24)13-19)26-9-11-27(12-10-26)34(32,33)16-18-5-3-2-4-6-18/h2-8,13,20H,9-12,14-16H2,1H3,(H,25,29)/t20-/m0/s1. The van der Waals surface area contributed by atoms with Crippen molar-refractivity contribution in [2.75, 3.05) is 49.1 Å². The van der Waals surface area contributed by atoms with E-state index in [0.29, 0.717) is 43.3 Å². The minimum absolute atomic E-state index is 0.198. The van der Waals surface area contributed by atoms with E-state index in [1.165, 1.54) is 17.9 Å². The number of rotatable bonds is 7. The number of ether oxygens (including phenoxy) is 1. The minimum atomic E-state index is -1.80. The van der Waals surface area contributed by atoms with Gasteiger partial charge in [0.05, 0.1) is 24.5 Å². The number of piperazine rings is 1. The SMILES string of the molecule is CC(=O)NC[C@H]1CN(c2ccc(N3CCN(S(=S)(=S)Cc4ccccc4)CC3)c(F)c2)C(=O)O1. The van der Waals surface area contributed by atoms with Crippen LogP contribution in [-0.4, -0.2) is 61.7 Å². The zero-order valence-corrected chi connectivity index (χ0v) is 21.3. The highest BCUT2D eigenvalue weighted by molar-refractivity contribution is 8.54. The van der Waals surface area contributed by atoms with Crippen LogP contribution in [0.25, 0.3) is 0 Å². The van der Waals surface area contributed by atoms with E-state index in [0.717, 1.165) is 5.56 Å². The van der Waals surface area contributed by atoms with Crippen LogP contribution in [0.1, 0.15) is 12.5 Å². The quantitative estimate of drug-likeness (QED) is 0.600. The fourth-order valence-corrected chi connectivity index (χ4v) is 7.33. The normalized spacial score (nSPS) is 19.2. The summed E-state index contributed by atoms with van der Waals surface area (Å²) < 4.78 is 22.5. The third-order valence-electron chi connectivity index (χ3n) is 5.86. The number of carbonyl (C=O) groups is 2. The third-order valence-corrected chi connectivity index (χ3v) is 9.68. The maximum Gasteiger partial charge on any atom is 0.414 e. The second-order valence-corrected chi connectivity index (χ2v) is 14.2. The number of hydrogen-bond acceptors (Lipinski definition) is 6. The lowest BCUT2D eigenvalue weighted by molar-refractivity contribution is -0.119. The van der Waals surface area contributed by atoms with Crippen molar-refractivity contribution < 1.29 is 18.7 Å². The molecule has 0 bridgehead atoms. The predicted molar refractivity (Wildman–Crippen MR) is 139 cm³/mol. The van der Waals surface area contributed by atoms with E-state index in [-0.39, 0.29) is 19.0 Å². The van der Waals surface area contributed by atoms with E-state index in [9.17, 15) is 9.59 Å². The number of nitrogens with one attached hydrogen (secondary N) is 1. The van der Waals surface area contributed by atoms with E-state index in [4.69, 9.17) is 27.1 Å². The maximum atomic E-state index is 15.1. The van der Waals surface area contributed by atoms with Crippen molar-refractivity contribution in [1.29, 1.82) is 0 Å². The second kappa shape index (κ2) is 10.5. The summed E-state index contributed by atoms with van der Waals surface area (Å²) in [5, 5.41) is 2.63. The first-order valence-electron chi connectivity index (χ1n) is 11.0. The molecule has 2 heterocycles. The Balaban J connectivity index is 1.37. The van der Waals surface area contributed by atoms with Crippen molar-refractivity contribution in [2.24, 2.45) is 0 Å². The number of cyclic esters (lactones) is 1. The third kappa shape index (κ3) is 5.83. The molecular formula is C23H27FN4O3S3. The van der Waals surface area contributed by atoms with Gasteiger partial charge in [0.15, 0.2) is 0 Å². The van der Waals surface area contributed by atoms with E-state index in [2.05, 4.69) is 9.62 Å². The van der Waals surface area contributed by atoms with Crippen LogP contribution < -0.4 is 15.1 Å². The molecule has 0 spiro atoms. The van der Waals surface area contributed by atoms with Crippen LogP contribution in [0.4, 0.5) is 20.6 Å². The average Bonchev–Trinajstić information content (AvgIpc) is 3.18. The number of benzene rings is 2. The number of halogens is 1. The molecule has 2 aliphatic heterocycles. The Bertz CT molecular complexity index is 1160. The monoisotopic (exact) mass is 522 g/mol. The van der Waals surface area contributed by atoms with Crippen LogP contribution in [0, 0.1) is 5.82 Å². The molecule has 0 saturated carbocycles. The fraction of sp³-hybridized carbons (Fsp3) is 0.391. The van der Waals surface area contributed by atoms with Gasteiger partial charge in [-0.25, -0.2) is 13.5 Å². The summed E-state index contributed by atoms with van der Waals surface area (Å²) in [6.07, 6.45) is -1.02. The minimum Gasteiger partial charge on any atom is -0.442 e. The summed E-state index contributed by atoms with van der Waals surface area (Å²) in [6, 6.07) is 14.8. The molecule has 182 valence electrons. The molecule has 2 amide bonds. The van der Waals surface area contributed by atoms with Crippen LogP contribution in [0.3, 0.4) is 0 Å². The average molecular weight is 523 g/mol. The highest BCUT2D eigenvalue weighted by atomic mass is 33.1. The summed E-state index contributed by atoms with van der Waals surface area (Å²) in [5.41, 5.74) is 2.06. The maximum absolute atomic E-state index is 15.1. The molecule has 0 radical (unpaired) electrons. The summed E-state index contributed by atoms with van der Waals surface area (Å²) in [7, 11) is -1.80. The highest BCUT2D eigenvalue weighted by Crippen LogP contribution is 2.29. The molecule has 0 unspecified atom stereocenters. The zero-order chi connectivity index (χ0) is 24.3. The second-order valence-electron chi connectivity index (χ2n) is 8.32. The van der Waals surface area contributed by atoms with Gasteiger partial charge < -0.3 is 15.0 Å². The van der Waals surface area contributed by atoms with Gasteiger partial charge in [0.2, 0.25) is 5.91 Å². The van der Waals surface area contributed by atoms with Gasteiger partial charge in [-0.2, -0.15) is 0 Å². The molecule has 4 rings (SSSR count). The van der Waals surface area contributed by atoms with Gasteiger partial charge in [0.1, 0.15) is 11.9 Å². The molecule has 2 aliphatic rings. The van der Waals surface area contributed by atoms with Crippen LogP contribution in [0.5, 0.6) is 0 Å². The predicted octanol–water partition coefficient (Wildman–Crippen LogP) is 2.60. The Morgan fingerprint density at radius 1 is 1.15 bits per heavy atom. The van der Waals surface area contributed by atoms with Crippen molar-refractivity contribution >= 4 is 53.1 Å². The molecule has 7 nitrogen and oxygen atoms in total. The van der Waals surface area contributed by atoms with Gasteiger partial charge in [-0.05, 0) is 53.5 Å². The molecule has 2 saturated heterocycles. The first kappa shape index (κ1) is 24.8. The first-order chi connectivity index (χ1) is 16.2. The lowest BCUT2D eigenvalue weighted by Gasteiger charge is -2.38. The summed E-state index contributed by atoms with van der Waals surface area (Å²) >= 11 is 11.6. The van der Waals surface area contributed by atoms with Gasteiger partial charge >= 0.3 is 6.09 Å². The van der Waals surface area contributed by atoms with E-state index >= 15 is 4.39 Å². The van der Waals surface area contributed by atoms with Crippen molar-refractivity contribution in [3.8, 4) is 0 Å². The topological polar surface area (TPSA) is 65.1 Å². The Kier molecular flexibility index (Phi) is 7.66. The van der Waals surface area contributed by atoms with Gasteiger partial charge in [-0.15, -0.1) is 0 Å². The number of nitrogens with zero attached hydrogens (tertiary/aromatic N) is 3. The smallest absolute Gasteiger partial charge is 0.414 e. The molecule has 2 fully saturated rings. The zero-order valence-electron chi connectivity index (χ0n) is 18.8. The fourth-order valence-electron chi connectivity index (χ4n) is 4.10. The van der Waals surface area contributed by atoms with Crippen molar-refractivity contribution in [3.05, 3.63) is 59.9 Å². The Morgan fingerprint density at radius 2 is 1.85 bits per heavy atom. The van der Waals surface area contributed by atoms with Crippen LogP contribution >= 0.6 is 0 Å². The van der Waals surface area contributed by atoms with Crippen LogP contribution in [-0.2, 0) is 45.0 Å². The molecule has 34 heavy (non-hydrogen) atoms. The lowest BCUT2D eigenvalue weighted by atomic mass is 10.2. The molecule has 1 atom stereocenters. The summed E-state index contributed by atoms with van der Waals surface area (Å²) in [6.45, 7) is 4.48. The Morgan fingerprint density at radius 3 is 2.50 bits per heavy atom. The van der Waals surface area contributed by atoms with Gasteiger partial charge in [-0.3, -0.25) is 9.69 Å². The largest absolute Gasteiger partial charge is 0.442 e. The first-order valence-corrected chi connectivity index (χ1v) is 14.6. The summed E-state index contributed by atoms with van der Waals surface area (Å²) in [5.74, 6) is 0.0795. The molecule has 0 aliphatic carbocycles. The molecule has 2 aromatic carbocycles. The Labute approximate surface area is 208 Å². The van der Waals surface area contributed by atoms with Gasteiger partial charge in [0, 0.05) is 38.9 Å². The van der Waals surface area contributed by atoms with E-state index in [1.54, 1.807) is 12.1 Å². The Hall–Kier alpha value is -2.34. The summed E-state index contributed by atoms with van der Waals surface area (Å²) in [4.78, 5) is 26.7. The van der Waals surface area contributed by atoms with Crippen LogP contribution in [0.15, 0.2) is 48.5 Å². The molecule has 0 aromatic heterocycles. The van der Waals surface area contributed by atoms with Gasteiger partial charge in [-0.1, -0.05) is 30.3 Å². The lowest BCUT2D eigenvalue weighted by Crippen LogP contribution is -2.48. The van der Waals surface area contributed by atoms with Crippen molar-refractivity contribution in [3.63, 3.8) is 0 Å². The molecular weight excluding hydrogens is 495 g/mol.